The van der Waals surface area contributed by atoms with Crippen LogP contribution in [0, 0.1) is 12.7 Å². The monoisotopic (exact) mass is 517 g/mol. The van der Waals surface area contributed by atoms with Crippen molar-refractivity contribution in [3.8, 4) is 0 Å². The van der Waals surface area contributed by atoms with E-state index in [1.807, 2.05) is 27.2 Å². The van der Waals surface area contributed by atoms with E-state index in [2.05, 4.69) is 37.8 Å². The highest BCUT2D eigenvalue weighted by Crippen LogP contribution is 2.35. The maximum Gasteiger partial charge on any atom is 0.259 e. The van der Waals surface area contributed by atoms with E-state index in [0.717, 1.165) is 30.6 Å². The number of pyridine rings is 1. The van der Waals surface area contributed by atoms with Gasteiger partial charge in [-0.25, -0.2) is 9.37 Å². The third kappa shape index (κ3) is 5.24. The number of fused-ring (bicyclic) bond motifs is 2. The van der Waals surface area contributed by atoms with Crippen LogP contribution in [-0.2, 0) is 6.54 Å². The third-order valence-electron chi connectivity index (χ3n) is 5.76. The smallest absolute Gasteiger partial charge is 0.259 e. The summed E-state index contributed by atoms with van der Waals surface area (Å²) in [7, 11) is 4.08. The zero-order valence-electron chi connectivity index (χ0n) is 20.2. The second-order valence-electron chi connectivity index (χ2n) is 8.71. The summed E-state index contributed by atoms with van der Waals surface area (Å²) in [6, 6.07) is 3.03. The molecule has 3 heterocycles. The van der Waals surface area contributed by atoms with E-state index in [4.69, 9.17) is 11.6 Å². The van der Waals surface area contributed by atoms with Gasteiger partial charge in [0, 0.05) is 48.8 Å². The fraction of sp³-hybridized carbons (Fsp3) is 0.375. The Balaban J connectivity index is 1.72. The van der Waals surface area contributed by atoms with Crippen molar-refractivity contribution in [1.29, 1.82) is 0 Å². The molecule has 0 atom stereocenters. The van der Waals surface area contributed by atoms with E-state index in [9.17, 15) is 9.18 Å². The van der Waals surface area contributed by atoms with Gasteiger partial charge >= 0.3 is 0 Å². The Morgan fingerprint density at radius 1 is 1.23 bits per heavy atom. The molecule has 11 heteroatoms. The van der Waals surface area contributed by atoms with Crippen molar-refractivity contribution in [1.82, 2.24) is 24.1 Å². The number of thiol groups is 1. The van der Waals surface area contributed by atoms with Gasteiger partial charge in [-0.05, 0) is 47.0 Å². The number of anilines is 2. The third-order valence-corrected chi connectivity index (χ3v) is 6.40. The Morgan fingerprint density at radius 2 is 2.00 bits per heavy atom. The number of amides is 1. The number of halogens is 2. The molecule has 0 saturated heterocycles. The summed E-state index contributed by atoms with van der Waals surface area (Å²) < 4.78 is 17.9. The number of carbonyl (C=O) groups is 1. The molecule has 4 rings (SSSR count). The Hall–Kier alpha value is -2.82. The van der Waals surface area contributed by atoms with Crippen LogP contribution in [0.1, 0.15) is 29.4 Å². The zero-order chi connectivity index (χ0) is 25.3. The number of hydrogen-bond donors (Lipinski definition) is 2. The van der Waals surface area contributed by atoms with Crippen molar-refractivity contribution in [3.63, 3.8) is 0 Å². The molecule has 0 radical (unpaired) electrons. The van der Waals surface area contributed by atoms with E-state index in [1.165, 1.54) is 6.07 Å². The standard InChI is InChI=1S/C24H29ClFN7OS/c1-5-33-13-17-20(31(14-35)8-6-7-30(3)4)10-18(25)21(22(17)29-33)24(34)28-16-9-19(26)23-27-15(2)11-32(23)12-16/h9-13,35H,5-8,14H2,1-4H3,(H,28,34). The molecule has 0 bridgehead atoms. The van der Waals surface area contributed by atoms with Gasteiger partial charge < -0.3 is 19.5 Å². The lowest BCUT2D eigenvalue weighted by Gasteiger charge is -2.25. The van der Waals surface area contributed by atoms with E-state index < -0.39 is 11.7 Å². The van der Waals surface area contributed by atoms with Crippen LogP contribution in [0.25, 0.3) is 16.6 Å². The van der Waals surface area contributed by atoms with Crippen molar-refractivity contribution in [2.75, 3.05) is 43.3 Å². The maximum absolute atomic E-state index is 14.5. The first-order chi connectivity index (χ1) is 16.7. The lowest BCUT2D eigenvalue weighted by molar-refractivity contribution is 0.102. The number of aromatic nitrogens is 4. The molecule has 0 aliphatic carbocycles. The predicted octanol–water partition coefficient (Wildman–Crippen LogP) is 4.70. The van der Waals surface area contributed by atoms with E-state index in [0.29, 0.717) is 29.3 Å². The van der Waals surface area contributed by atoms with Crippen molar-refractivity contribution >= 4 is 58.1 Å². The largest absolute Gasteiger partial charge is 0.362 e. The summed E-state index contributed by atoms with van der Waals surface area (Å²) in [4.78, 5) is 21.8. The molecule has 0 fully saturated rings. The second-order valence-corrected chi connectivity index (χ2v) is 9.40. The summed E-state index contributed by atoms with van der Waals surface area (Å²) in [6.45, 7) is 6.11. The average Bonchev–Trinajstić information content (AvgIpc) is 3.39. The molecule has 1 amide bonds. The fourth-order valence-electron chi connectivity index (χ4n) is 4.10. The summed E-state index contributed by atoms with van der Waals surface area (Å²) in [5, 5.41) is 8.49. The molecule has 0 aliphatic heterocycles. The van der Waals surface area contributed by atoms with Crippen LogP contribution in [0.15, 0.2) is 30.7 Å². The Bertz CT molecular complexity index is 1380. The van der Waals surface area contributed by atoms with Gasteiger partial charge in [-0.2, -0.15) is 17.7 Å². The molecule has 8 nitrogen and oxygen atoms in total. The van der Waals surface area contributed by atoms with Crippen LogP contribution in [0.3, 0.4) is 0 Å². The summed E-state index contributed by atoms with van der Waals surface area (Å²) >= 11 is 11.2. The van der Waals surface area contributed by atoms with Crippen LogP contribution in [-0.4, -0.2) is 63.0 Å². The SMILES string of the molecule is CCn1cc2c(N(CS)CCCN(C)C)cc(Cl)c(C(=O)Nc3cc(F)c4nc(C)cn4c3)c2n1. The molecule has 35 heavy (non-hydrogen) atoms. The quantitative estimate of drug-likeness (QED) is 0.249. The van der Waals surface area contributed by atoms with Crippen LogP contribution in [0.2, 0.25) is 5.02 Å². The van der Waals surface area contributed by atoms with Crippen LogP contribution < -0.4 is 10.2 Å². The van der Waals surface area contributed by atoms with Crippen LogP contribution in [0.4, 0.5) is 15.8 Å². The molecular weight excluding hydrogens is 489 g/mol. The van der Waals surface area contributed by atoms with Crippen molar-refractivity contribution in [2.24, 2.45) is 0 Å². The summed E-state index contributed by atoms with van der Waals surface area (Å²) in [5.74, 6) is -0.501. The number of hydrogen-bond acceptors (Lipinski definition) is 6. The van der Waals surface area contributed by atoms with Gasteiger partial charge in [-0.1, -0.05) is 11.6 Å². The van der Waals surface area contributed by atoms with Crippen molar-refractivity contribution < 1.29 is 9.18 Å². The Kier molecular flexibility index (Phi) is 7.53. The topological polar surface area (TPSA) is 70.7 Å². The van der Waals surface area contributed by atoms with Gasteiger partial charge in [0.15, 0.2) is 11.5 Å². The fourth-order valence-corrected chi connectivity index (χ4v) is 4.68. The highest BCUT2D eigenvalue weighted by atomic mass is 35.5. The van der Waals surface area contributed by atoms with Gasteiger partial charge in [0.1, 0.15) is 5.52 Å². The normalized spacial score (nSPS) is 11.7. The first kappa shape index (κ1) is 25.3. The minimum atomic E-state index is -0.528. The number of nitrogens with zero attached hydrogens (tertiary/aromatic N) is 6. The maximum atomic E-state index is 14.5. The molecule has 3 aromatic heterocycles. The lowest BCUT2D eigenvalue weighted by atomic mass is 10.1. The van der Waals surface area contributed by atoms with Crippen molar-refractivity contribution in [3.05, 3.63) is 52.8 Å². The number of carbonyl (C=O) groups excluding carboxylic acids is 1. The number of benzene rings is 1. The molecule has 0 spiro atoms. The van der Waals surface area contributed by atoms with E-state index in [1.54, 1.807) is 34.5 Å². The second kappa shape index (κ2) is 10.4. The number of aryl methyl sites for hydroxylation is 2. The van der Waals surface area contributed by atoms with Gasteiger partial charge in [-0.3, -0.25) is 9.48 Å². The molecular formula is C24H29ClFN7OS. The zero-order valence-corrected chi connectivity index (χ0v) is 21.9. The predicted molar refractivity (Wildman–Crippen MR) is 143 cm³/mol. The van der Waals surface area contributed by atoms with Crippen molar-refractivity contribution in [2.45, 2.75) is 26.8 Å². The molecule has 4 aromatic rings. The van der Waals surface area contributed by atoms with Gasteiger partial charge in [0.05, 0.1) is 27.8 Å². The lowest BCUT2D eigenvalue weighted by Crippen LogP contribution is -2.26. The minimum Gasteiger partial charge on any atom is -0.362 e. The molecule has 1 N–H and O–H groups in total. The number of nitrogens with one attached hydrogen (secondary N) is 1. The molecule has 1 aromatic carbocycles. The van der Waals surface area contributed by atoms with Crippen LogP contribution >= 0.6 is 24.2 Å². The molecule has 186 valence electrons. The summed E-state index contributed by atoms with van der Waals surface area (Å²) in [6.07, 6.45) is 6.17. The van der Waals surface area contributed by atoms with Gasteiger partial charge in [-0.15, -0.1) is 0 Å². The van der Waals surface area contributed by atoms with Gasteiger partial charge in [0.2, 0.25) is 0 Å². The molecule has 0 aliphatic rings. The highest BCUT2D eigenvalue weighted by molar-refractivity contribution is 7.80. The Morgan fingerprint density at radius 3 is 2.69 bits per heavy atom. The first-order valence-electron chi connectivity index (χ1n) is 11.4. The number of imidazole rings is 1. The number of rotatable bonds is 9. The van der Waals surface area contributed by atoms with E-state index >= 15 is 0 Å². The van der Waals surface area contributed by atoms with Crippen LogP contribution in [0.5, 0.6) is 0 Å². The Labute approximate surface area is 214 Å². The van der Waals surface area contributed by atoms with Gasteiger partial charge in [0.25, 0.3) is 5.91 Å². The van der Waals surface area contributed by atoms with E-state index in [-0.39, 0.29) is 16.2 Å². The first-order valence-corrected chi connectivity index (χ1v) is 12.4. The molecule has 0 unspecified atom stereocenters. The molecule has 0 saturated carbocycles. The summed E-state index contributed by atoms with van der Waals surface area (Å²) in [5.41, 5.74) is 2.78. The average molecular weight is 518 g/mol. The minimum absolute atomic E-state index is 0.202. The highest BCUT2D eigenvalue weighted by Gasteiger charge is 2.23.